The highest BCUT2D eigenvalue weighted by Crippen LogP contribution is 2.21. The van der Waals surface area contributed by atoms with Crippen molar-refractivity contribution in [2.45, 2.75) is 33.7 Å². The first-order valence-corrected chi connectivity index (χ1v) is 9.76. The maximum Gasteiger partial charge on any atom is 0.235 e. The molecule has 1 aliphatic rings. The number of carbonyl (C=O) groups excluding carboxylic acids is 2. The molecule has 0 bridgehead atoms. The van der Waals surface area contributed by atoms with Crippen LogP contribution in [0.3, 0.4) is 0 Å². The minimum atomic E-state index is -0.150. The van der Waals surface area contributed by atoms with Crippen LogP contribution in [-0.2, 0) is 0 Å². The van der Waals surface area contributed by atoms with Crippen LogP contribution >= 0.6 is 11.6 Å². The lowest BCUT2D eigenvalue weighted by Gasteiger charge is -2.36. The van der Waals surface area contributed by atoms with E-state index in [1.54, 1.807) is 6.92 Å². The van der Waals surface area contributed by atoms with Crippen molar-refractivity contribution in [2.24, 2.45) is 0 Å². The number of halogens is 1. The molecular formula is C21H27ClN3O2+. The Morgan fingerprint density at radius 1 is 1.22 bits per heavy atom. The number of carbonyl (C=O) groups is 2. The smallest absolute Gasteiger partial charge is 0.235 e. The van der Waals surface area contributed by atoms with Gasteiger partial charge in [0.05, 0.1) is 31.9 Å². The van der Waals surface area contributed by atoms with Crippen LogP contribution in [0.15, 0.2) is 24.3 Å². The van der Waals surface area contributed by atoms with E-state index in [0.29, 0.717) is 11.3 Å². The molecule has 5 nitrogen and oxygen atoms in total. The van der Waals surface area contributed by atoms with E-state index in [1.807, 2.05) is 39.0 Å². The van der Waals surface area contributed by atoms with Crippen molar-refractivity contribution in [3.63, 3.8) is 0 Å². The van der Waals surface area contributed by atoms with E-state index in [4.69, 9.17) is 11.6 Å². The normalized spacial score (nSPS) is 16.4. The van der Waals surface area contributed by atoms with E-state index >= 15 is 0 Å². The van der Waals surface area contributed by atoms with Crippen LogP contribution < -0.4 is 9.80 Å². The molecule has 0 saturated carbocycles. The Balaban J connectivity index is 1.69. The summed E-state index contributed by atoms with van der Waals surface area (Å²) in [5.74, 6) is 0.0738. The maximum absolute atomic E-state index is 13.1. The first-order valence-electron chi connectivity index (χ1n) is 9.39. The molecule has 1 atom stereocenters. The number of Topliss-reactive ketones (excluding diaryl/α,β-unsaturated/α-hetero) is 2. The standard InChI is InChI=1S/C21H26ClN3O2/c1-13-19(16(4)26)14(2)23-20(13)21(27)15(3)24-8-10-25(11-9-24)18-7-5-6-17(22)12-18/h5-7,12,15,23H,8-11H2,1-4H3/p+1/t15-/m1/s1. The van der Waals surface area contributed by atoms with Gasteiger partial charge < -0.3 is 14.8 Å². The number of aromatic nitrogens is 1. The average molecular weight is 389 g/mol. The van der Waals surface area contributed by atoms with E-state index in [2.05, 4.69) is 16.0 Å². The SMILES string of the molecule is CC(=O)c1c(C)[nH]c(C(=O)[C@@H](C)[NH+]2CCN(c3cccc(Cl)c3)CC2)c1C. The van der Waals surface area contributed by atoms with Crippen LogP contribution in [0, 0.1) is 13.8 Å². The van der Waals surface area contributed by atoms with Crippen molar-refractivity contribution in [2.75, 3.05) is 31.1 Å². The predicted molar refractivity (Wildman–Crippen MR) is 108 cm³/mol. The number of ketones is 2. The number of anilines is 1. The predicted octanol–water partition coefficient (Wildman–Crippen LogP) is 2.46. The first kappa shape index (κ1) is 19.6. The number of piperazine rings is 1. The summed E-state index contributed by atoms with van der Waals surface area (Å²) in [6, 6.07) is 7.74. The number of quaternary nitrogens is 1. The van der Waals surface area contributed by atoms with Crippen molar-refractivity contribution in [3.8, 4) is 0 Å². The fourth-order valence-corrected chi connectivity index (χ4v) is 4.27. The largest absolute Gasteiger partial charge is 0.360 e. The van der Waals surface area contributed by atoms with Gasteiger partial charge in [0.25, 0.3) is 0 Å². The summed E-state index contributed by atoms with van der Waals surface area (Å²) in [7, 11) is 0. The lowest BCUT2D eigenvalue weighted by atomic mass is 10.0. The Morgan fingerprint density at radius 3 is 2.44 bits per heavy atom. The quantitative estimate of drug-likeness (QED) is 0.773. The van der Waals surface area contributed by atoms with Crippen LogP contribution in [0.2, 0.25) is 5.02 Å². The van der Waals surface area contributed by atoms with E-state index in [1.165, 1.54) is 4.90 Å². The van der Waals surface area contributed by atoms with Crippen molar-refractivity contribution >= 4 is 28.9 Å². The van der Waals surface area contributed by atoms with Crippen molar-refractivity contribution < 1.29 is 14.5 Å². The van der Waals surface area contributed by atoms with Gasteiger partial charge in [-0.2, -0.15) is 0 Å². The lowest BCUT2D eigenvalue weighted by molar-refractivity contribution is -0.914. The molecule has 1 fully saturated rings. The zero-order chi connectivity index (χ0) is 19.7. The van der Waals surface area contributed by atoms with Crippen molar-refractivity contribution in [1.29, 1.82) is 0 Å². The molecule has 144 valence electrons. The summed E-state index contributed by atoms with van der Waals surface area (Å²) < 4.78 is 0. The summed E-state index contributed by atoms with van der Waals surface area (Å²) in [5.41, 5.74) is 3.90. The summed E-state index contributed by atoms with van der Waals surface area (Å²) in [6.45, 7) is 10.8. The number of aromatic amines is 1. The summed E-state index contributed by atoms with van der Waals surface area (Å²) in [6.07, 6.45) is 0. The number of hydrogen-bond donors (Lipinski definition) is 2. The Kier molecular flexibility index (Phi) is 5.72. The van der Waals surface area contributed by atoms with Gasteiger partial charge in [0.1, 0.15) is 0 Å². The Morgan fingerprint density at radius 2 is 1.89 bits per heavy atom. The van der Waals surface area contributed by atoms with E-state index in [-0.39, 0.29) is 17.6 Å². The third-order valence-corrected chi connectivity index (χ3v) is 5.86. The Bertz CT molecular complexity index is 866. The maximum atomic E-state index is 13.1. The van der Waals surface area contributed by atoms with Gasteiger partial charge in [0.2, 0.25) is 5.78 Å². The van der Waals surface area contributed by atoms with Crippen LogP contribution in [0.1, 0.15) is 46.0 Å². The highest BCUT2D eigenvalue weighted by Gasteiger charge is 2.32. The number of nitrogens with one attached hydrogen (secondary N) is 2. The minimum Gasteiger partial charge on any atom is -0.360 e. The molecule has 1 aliphatic heterocycles. The Labute approximate surface area is 165 Å². The molecule has 0 aliphatic carbocycles. The molecule has 1 saturated heterocycles. The van der Waals surface area contributed by atoms with Gasteiger partial charge in [-0.25, -0.2) is 0 Å². The third-order valence-electron chi connectivity index (χ3n) is 5.62. The molecule has 0 spiro atoms. The molecule has 0 radical (unpaired) electrons. The fraction of sp³-hybridized carbons (Fsp3) is 0.429. The molecule has 2 heterocycles. The summed E-state index contributed by atoms with van der Waals surface area (Å²) >= 11 is 6.10. The number of hydrogen-bond acceptors (Lipinski definition) is 3. The second-order valence-corrected chi connectivity index (χ2v) is 7.83. The molecule has 0 amide bonds. The lowest BCUT2D eigenvalue weighted by Crippen LogP contribution is -3.18. The van der Waals surface area contributed by atoms with Gasteiger partial charge in [-0.15, -0.1) is 0 Å². The monoisotopic (exact) mass is 388 g/mol. The molecule has 1 aromatic heterocycles. The van der Waals surface area contributed by atoms with Gasteiger partial charge >= 0.3 is 0 Å². The number of nitrogens with zero attached hydrogens (tertiary/aromatic N) is 1. The minimum absolute atomic E-state index is 0.00423. The molecular weight excluding hydrogens is 362 g/mol. The topological polar surface area (TPSA) is 57.6 Å². The van der Waals surface area contributed by atoms with Crippen molar-refractivity contribution in [1.82, 2.24) is 4.98 Å². The van der Waals surface area contributed by atoms with E-state index < -0.39 is 0 Å². The van der Waals surface area contributed by atoms with E-state index in [0.717, 1.165) is 48.1 Å². The number of rotatable bonds is 5. The molecule has 0 unspecified atom stereocenters. The van der Waals surface area contributed by atoms with E-state index in [9.17, 15) is 9.59 Å². The molecule has 27 heavy (non-hydrogen) atoms. The third kappa shape index (κ3) is 3.94. The van der Waals surface area contributed by atoms with Gasteiger partial charge in [-0.1, -0.05) is 17.7 Å². The average Bonchev–Trinajstić information content (AvgIpc) is 2.95. The van der Waals surface area contributed by atoms with Gasteiger partial charge in [-0.05, 0) is 51.5 Å². The van der Waals surface area contributed by atoms with Gasteiger partial charge in [0, 0.05) is 22.0 Å². The van der Waals surface area contributed by atoms with Crippen LogP contribution in [-0.4, -0.2) is 48.8 Å². The highest BCUT2D eigenvalue weighted by atomic mass is 35.5. The second kappa shape index (κ2) is 7.87. The molecule has 3 rings (SSSR count). The Hall–Kier alpha value is -2.11. The van der Waals surface area contributed by atoms with Gasteiger partial charge in [0.15, 0.2) is 11.8 Å². The van der Waals surface area contributed by atoms with Crippen LogP contribution in [0.25, 0.3) is 0 Å². The summed E-state index contributed by atoms with van der Waals surface area (Å²) in [4.78, 5) is 31.6. The van der Waals surface area contributed by atoms with Gasteiger partial charge in [-0.3, -0.25) is 9.59 Å². The zero-order valence-electron chi connectivity index (χ0n) is 16.4. The highest BCUT2D eigenvalue weighted by molar-refractivity contribution is 6.30. The van der Waals surface area contributed by atoms with Crippen LogP contribution in [0.4, 0.5) is 5.69 Å². The molecule has 2 aromatic rings. The van der Waals surface area contributed by atoms with Crippen LogP contribution in [0.5, 0.6) is 0 Å². The number of aryl methyl sites for hydroxylation is 1. The fourth-order valence-electron chi connectivity index (χ4n) is 4.08. The molecule has 2 N–H and O–H groups in total. The molecule has 1 aromatic carbocycles. The van der Waals surface area contributed by atoms with Crippen molar-refractivity contribution in [3.05, 3.63) is 51.8 Å². The number of benzene rings is 1. The number of H-pyrrole nitrogens is 1. The molecule has 6 heteroatoms. The second-order valence-electron chi connectivity index (χ2n) is 7.39. The first-order chi connectivity index (χ1) is 12.8. The zero-order valence-corrected chi connectivity index (χ0v) is 17.1. The summed E-state index contributed by atoms with van der Waals surface area (Å²) in [5, 5.41) is 0.740.